The molecule has 3 heteroatoms. The van der Waals surface area contributed by atoms with E-state index in [1.165, 1.54) is 16.7 Å². The first-order valence-electron chi connectivity index (χ1n) is 8.58. The van der Waals surface area contributed by atoms with Crippen LogP contribution in [0.25, 0.3) is 5.57 Å². The molecule has 0 saturated carbocycles. The molecule has 0 amide bonds. The lowest BCUT2D eigenvalue weighted by molar-refractivity contribution is -0.115. The summed E-state index contributed by atoms with van der Waals surface area (Å²) >= 11 is 1.80. The highest BCUT2D eigenvalue weighted by atomic mass is 32.2. The molecule has 1 atom stereocenters. The van der Waals surface area contributed by atoms with Gasteiger partial charge < -0.3 is 5.11 Å². The van der Waals surface area contributed by atoms with E-state index in [4.69, 9.17) is 0 Å². The minimum absolute atomic E-state index is 0.119. The molecule has 0 radical (unpaired) electrons. The largest absolute Gasteiger partial charge is 0.512 e. The van der Waals surface area contributed by atoms with Gasteiger partial charge in [0.15, 0.2) is 5.78 Å². The zero-order valence-electron chi connectivity index (χ0n) is 14.7. The maximum absolute atomic E-state index is 12.8. The standard InChI is InChI=1S/C20H28O2S/c1-5-15-9-13(3)10-16(6-2)19(15)20-17(21)11-14(7-8-23-4)12-18(20)22/h9-10,14,21H,5-8,11-12H2,1-4H3. The SMILES string of the molecule is CCc1cc(C)cc(CC)c1C1=C(O)CC(CCSC)CC1=O. The van der Waals surface area contributed by atoms with Crippen LogP contribution in [-0.4, -0.2) is 22.9 Å². The Morgan fingerprint density at radius 1 is 1.17 bits per heavy atom. The molecule has 1 N–H and O–H groups in total. The highest BCUT2D eigenvalue weighted by Crippen LogP contribution is 2.37. The summed E-state index contributed by atoms with van der Waals surface area (Å²) < 4.78 is 0. The molecule has 0 fully saturated rings. The molecule has 1 unspecified atom stereocenters. The molecule has 0 aliphatic heterocycles. The van der Waals surface area contributed by atoms with E-state index in [1.807, 2.05) is 0 Å². The van der Waals surface area contributed by atoms with Crippen molar-refractivity contribution in [2.45, 2.75) is 52.9 Å². The number of hydrogen-bond acceptors (Lipinski definition) is 3. The number of aliphatic hydroxyl groups is 1. The predicted octanol–water partition coefficient (Wildman–Crippen LogP) is 5.12. The molecule has 1 aliphatic carbocycles. The van der Waals surface area contributed by atoms with Crippen LogP contribution in [0, 0.1) is 12.8 Å². The van der Waals surface area contributed by atoms with E-state index in [0.717, 1.165) is 30.6 Å². The average Bonchev–Trinajstić information content (AvgIpc) is 2.52. The summed E-state index contributed by atoms with van der Waals surface area (Å²) in [6.45, 7) is 6.32. The molecule has 1 aromatic carbocycles. The third kappa shape index (κ3) is 4.00. The Morgan fingerprint density at radius 2 is 1.78 bits per heavy atom. The fourth-order valence-electron chi connectivity index (χ4n) is 3.57. The molecule has 126 valence electrons. The van der Waals surface area contributed by atoms with Crippen molar-refractivity contribution >= 4 is 23.1 Å². The second kappa shape index (κ2) is 8.05. The third-order valence-corrected chi connectivity index (χ3v) is 5.36. The molecule has 1 aliphatic rings. The fraction of sp³-hybridized carbons (Fsp3) is 0.550. The lowest BCUT2D eigenvalue weighted by atomic mass is 9.79. The number of aryl methyl sites for hydroxylation is 3. The van der Waals surface area contributed by atoms with Gasteiger partial charge in [0.2, 0.25) is 0 Å². The number of thioether (sulfide) groups is 1. The number of ketones is 1. The third-order valence-electron chi connectivity index (χ3n) is 4.71. The minimum Gasteiger partial charge on any atom is -0.512 e. The molecular formula is C20H28O2S. The summed E-state index contributed by atoms with van der Waals surface area (Å²) in [6, 6.07) is 4.31. The van der Waals surface area contributed by atoms with Crippen molar-refractivity contribution in [1.29, 1.82) is 0 Å². The number of hydrogen-bond donors (Lipinski definition) is 1. The van der Waals surface area contributed by atoms with Gasteiger partial charge in [-0.1, -0.05) is 31.5 Å². The number of carbonyl (C=O) groups excluding carboxylic acids is 1. The summed E-state index contributed by atoms with van der Waals surface area (Å²) in [5.41, 5.74) is 5.19. The fourth-order valence-corrected chi connectivity index (χ4v) is 4.13. The van der Waals surface area contributed by atoms with Crippen LogP contribution in [0.2, 0.25) is 0 Å². The number of Topliss-reactive ketones (excluding diaryl/α,β-unsaturated/α-hetero) is 1. The first kappa shape index (κ1) is 18.1. The average molecular weight is 333 g/mol. The van der Waals surface area contributed by atoms with Crippen LogP contribution < -0.4 is 0 Å². The summed E-state index contributed by atoms with van der Waals surface area (Å²) in [6.07, 6.45) is 6.05. The molecule has 0 aromatic heterocycles. The van der Waals surface area contributed by atoms with Gasteiger partial charge in [-0.25, -0.2) is 0 Å². The van der Waals surface area contributed by atoms with Crippen molar-refractivity contribution in [3.63, 3.8) is 0 Å². The lowest BCUT2D eigenvalue weighted by Gasteiger charge is -2.26. The Labute approximate surface area is 144 Å². The molecular weight excluding hydrogens is 304 g/mol. The number of benzene rings is 1. The first-order chi connectivity index (χ1) is 11.0. The van der Waals surface area contributed by atoms with Gasteiger partial charge in [-0.2, -0.15) is 11.8 Å². The molecule has 0 heterocycles. The van der Waals surface area contributed by atoms with Gasteiger partial charge in [-0.15, -0.1) is 0 Å². The van der Waals surface area contributed by atoms with E-state index in [-0.39, 0.29) is 5.78 Å². The second-order valence-electron chi connectivity index (χ2n) is 6.47. The molecule has 0 spiro atoms. The molecule has 1 aromatic rings. The molecule has 0 saturated heterocycles. The number of aliphatic hydroxyl groups excluding tert-OH is 1. The van der Waals surface area contributed by atoms with Crippen molar-refractivity contribution in [2.24, 2.45) is 5.92 Å². The number of rotatable bonds is 6. The normalized spacial score (nSPS) is 18.6. The zero-order valence-corrected chi connectivity index (χ0v) is 15.6. The van der Waals surface area contributed by atoms with E-state index in [0.29, 0.717) is 30.1 Å². The smallest absolute Gasteiger partial charge is 0.167 e. The molecule has 2 nitrogen and oxygen atoms in total. The van der Waals surface area contributed by atoms with Crippen LogP contribution in [0.15, 0.2) is 17.9 Å². The maximum Gasteiger partial charge on any atom is 0.167 e. The van der Waals surface area contributed by atoms with Crippen molar-refractivity contribution in [1.82, 2.24) is 0 Å². The van der Waals surface area contributed by atoms with Gasteiger partial charge in [0, 0.05) is 12.8 Å². The maximum atomic E-state index is 12.8. The van der Waals surface area contributed by atoms with E-state index < -0.39 is 0 Å². The van der Waals surface area contributed by atoms with E-state index in [9.17, 15) is 9.90 Å². The van der Waals surface area contributed by atoms with Crippen LogP contribution in [0.4, 0.5) is 0 Å². The van der Waals surface area contributed by atoms with E-state index in [1.54, 1.807) is 11.8 Å². The van der Waals surface area contributed by atoms with E-state index in [2.05, 4.69) is 39.2 Å². The van der Waals surface area contributed by atoms with Gasteiger partial charge in [0.1, 0.15) is 5.76 Å². The molecule has 23 heavy (non-hydrogen) atoms. The second-order valence-corrected chi connectivity index (χ2v) is 7.45. The Morgan fingerprint density at radius 3 is 2.26 bits per heavy atom. The Bertz CT molecular complexity index is 591. The lowest BCUT2D eigenvalue weighted by Crippen LogP contribution is -2.21. The molecule has 2 rings (SSSR count). The van der Waals surface area contributed by atoms with Crippen LogP contribution in [0.1, 0.15) is 55.4 Å². The number of allylic oxidation sites excluding steroid dienone is 2. The zero-order chi connectivity index (χ0) is 17.0. The van der Waals surface area contributed by atoms with Gasteiger partial charge in [-0.3, -0.25) is 4.79 Å². The van der Waals surface area contributed by atoms with Gasteiger partial charge >= 0.3 is 0 Å². The topological polar surface area (TPSA) is 37.3 Å². The monoisotopic (exact) mass is 332 g/mol. The minimum atomic E-state index is 0.119. The highest BCUT2D eigenvalue weighted by molar-refractivity contribution is 7.98. The van der Waals surface area contributed by atoms with Crippen molar-refractivity contribution in [3.05, 3.63) is 40.1 Å². The van der Waals surface area contributed by atoms with Crippen LogP contribution in [-0.2, 0) is 17.6 Å². The Kier molecular flexibility index (Phi) is 6.34. The first-order valence-corrected chi connectivity index (χ1v) is 9.98. The van der Waals surface area contributed by atoms with Crippen molar-refractivity contribution < 1.29 is 9.90 Å². The Balaban J connectivity index is 2.47. The van der Waals surface area contributed by atoms with Crippen LogP contribution in [0.3, 0.4) is 0 Å². The summed E-state index contributed by atoms with van der Waals surface area (Å²) in [5.74, 6) is 1.76. The molecule has 0 bridgehead atoms. The number of carbonyl (C=O) groups is 1. The summed E-state index contributed by atoms with van der Waals surface area (Å²) in [5, 5.41) is 10.6. The van der Waals surface area contributed by atoms with E-state index >= 15 is 0 Å². The highest BCUT2D eigenvalue weighted by Gasteiger charge is 2.30. The van der Waals surface area contributed by atoms with Crippen LogP contribution in [0.5, 0.6) is 0 Å². The van der Waals surface area contributed by atoms with Crippen LogP contribution >= 0.6 is 11.8 Å². The van der Waals surface area contributed by atoms with Gasteiger partial charge in [0.25, 0.3) is 0 Å². The predicted molar refractivity (Wildman–Crippen MR) is 100 cm³/mol. The Hall–Kier alpha value is -1.22. The quantitative estimate of drug-likeness (QED) is 0.785. The summed E-state index contributed by atoms with van der Waals surface area (Å²) in [4.78, 5) is 12.8. The van der Waals surface area contributed by atoms with Crippen molar-refractivity contribution in [2.75, 3.05) is 12.0 Å². The summed E-state index contributed by atoms with van der Waals surface area (Å²) in [7, 11) is 0. The van der Waals surface area contributed by atoms with Gasteiger partial charge in [-0.05, 0) is 60.8 Å². The van der Waals surface area contributed by atoms with Crippen molar-refractivity contribution in [3.8, 4) is 0 Å². The van der Waals surface area contributed by atoms with Gasteiger partial charge in [0.05, 0.1) is 5.57 Å².